The second-order valence-corrected chi connectivity index (χ2v) is 9.18. The van der Waals surface area contributed by atoms with Crippen molar-refractivity contribution in [1.29, 1.82) is 0 Å². The van der Waals surface area contributed by atoms with Crippen LogP contribution in [0.4, 0.5) is 5.69 Å². The molecule has 0 aliphatic carbocycles. The summed E-state index contributed by atoms with van der Waals surface area (Å²) in [6.45, 7) is 3.25. The van der Waals surface area contributed by atoms with E-state index in [9.17, 15) is 4.79 Å². The summed E-state index contributed by atoms with van der Waals surface area (Å²) in [5.41, 5.74) is 4.08. The monoisotopic (exact) mass is 524 g/mol. The highest BCUT2D eigenvalue weighted by Crippen LogP contribution is 2.42. The molecule has 0 aliphatic rings. The Labute approximate surface area is 216 Å². The highest BCUT2D eigenvalue weighted by atomic mass is 35.5. The minimum atomic E-state index is -0.372. The maximum atomic E-state index is 12.6. The molecular weight excluding hydrogens is 507 g/mol. The second kappa shape index (κ2) is 9.38. The first-order valence-corrected chi connectivity index (χ1v) is 11.9. The fourth-order valence-corrected chi connectivity index (χ4v) is 4.68. The minimum absolute atomic E-state index is 0.233. The van der Waals surface area contributed by atoms with E-state index in [0.717, 1.165) is 16.5 Å². The third-order valence-corrected chi connectivity index (χ3v) is 7.19. The van der Waals surface area contributed by atoms with Crippen molar-refractivity contribution in [2.24, 2.45) is 0 Å². The van der Waals surface area contributed by atoms with Crippen molar-refractivity contribution >= 4 is 68.2 Å². The van der Waals surface area contributed by atoms with E-state index in [-0.39, 0.29) is 28.3 Å². The molecule has 0 atom stereocenters. The van der Waals surface area contributed by atoms with Crippen LogP contribution >= 0.6 is 34.8 Å². The molecule has 0 saturated heterocycles. The number of nitrogens with one attached hydrogen (secondary N) is 1. The zero-order valence-electron chi connectivity index (χ0n) is 18.8. The van der Waals surface area contributed by atoms with E-state index in [1.807, 2.05) is 42.5 Å². The summed E-state index contributed by atoms with van der Waals surface area (Å²) < 4.78 is 5.64. The summed E-state index contributed by atoms with van der Waals surface area (Å²) in [7, 11) is 0. The molecule has 0 spiro atoms. The number of hydrogen-bond acceptors (Lipinski definition) is 4. The summed E-state index contributed by atoms with van der Waals surface area (Å²) in [5, 5.41) is 15.2. The largest absolute Gasteiger partial charge is 0.481 e. The Bertz CT molecular complexity index is 1580. The average Bonchev–Trinajstić information content (AvgIpc) is 3.29. The SMILES string of the molecule is Cc1c(Cl)c(C)c(Cl)c(OCC(=O)Nc2ccc3nn(-c4cccc5ccccc45)nc3c2)c1Cl. The van der Waals surface area contributed by atoms with E-state index >= 15 is 0 Å². The first-order valence-electron chi connectivity index (χ1n) is 10.7. The zero-order valence-corrected chi connectivity index (χ0v) is 21.0. The van der Waals surface area contributed by atoms with Crippen molar-refractivity contribution in [2.45, 2.75) is 13.8 Å². The van der Waals surface area contributed by atoms with Crippen LogP contribution in [0.3, 0.4) is 0 Å². The quantitative estimate of drug-likeness (QED) is 0.264. The van der Waals surface area contributed by atoms with Gasteiger partial charge in [0.2, 0.25) is 0 Å². The smallest absolute Gasteiger partial charge is 0.262 e. The fourth-order valence-electron chi connectivity index (χ4n) is 3.86. The van der Waals surface area contributed by atoms with E-state index < -0.39 is 0 Å². The molecule has 176 valence electrons. The molecule has 1 amide bonds. The molecule has 6 nitrogen and oxygen atoms in total. The lowest BCUT2D eigenvalue weighted by Crippen LogP contribution is -2.20. The lowest BCUT2D eigenvalue weighted by molar-refractivity contribution is -0.118. The van der Waals surface area contributed by atoms with Gasteiger partial charge in [-0.25, -0.2) is 0 Å². The number of halogens is 3. The van der Waals surface area contributed by atoms with Crippen LogP contribution in [0, 0.1) is 13.8 Å². The van der Waals surface area contributed by atoms with Gasteiger partial charge in [0.1, 0.15) is 11.0 Å². The van der Waals surface area contributed by atoms with E-state index in [1.165, 1.54) is 0 Å². The molecule has 0 unspecified atom stereocenters. The van der Waals surface area contributed by atoms with Crippen LogP contribution < -0.4 is 10.1 Å². The van der Waals surface area contributed by atoms with Gasteiger partial charge < -0.3 is 10.1 Å². The predicted molar refractivity (Wildman–Crippen MR) is 141 cm³/mol. The molecule has 5 rings (SSSR count). The lowest BCUT2D eigenvalue weighted by atomic mass is 10.1. The van der Waals surface area contributed by atoms with Crippen LogP contribution in [-0.4, -0.2) is 27.5 Å². The molecule has 1 N–H and O–H groups in total. The number of benzene rings is 4. The number of aromatic nitrogens is 3. The number of carbonyl (C=O) groups excluding carboxylic acids is 1. The van der Waals surface area contributed by atoms with Crippen molar-refractivity contribution in [3.05, 3.63) is 86.9 Å². The second-order valence-electron chi connectivity index (χ2n) is 8.05. The average molecular weight is 526 g/mol. The molecule has 9 heteroatoms. The molecule has 1 aromatic heterocycles. The molecule has 0 aliphatic heterocycles. The molecule has 0 fully saturated rings. The van der Waals surface area contributed by atoms with Crippen LogP contribution in [0.1, 0.15) is 11.1 Å². The number of amides is 1. The van der Waals surface area contributed by atoms with Gasteiger partial charge in [0.25, 0.3) is 5.91 Å². The number of hydrogen-bond donors (Lipinski definition) is 1. The van der Waals surface area contributed by atoms with Gasteiger partial charge >= 0.3 is 0 Å². The Morgan fingerprint density at radius 3 is 2.34 bits per heavy atom. The van der Waals surface area contributed by atoms with E-state index in [4.69, 9.17) is 39.5 Å². The molecule has 0 radical (unpaired) electrons. The van der Waals surface area contributed by atoms with Crippen LogP contribution in [0.2, 0.25) is 15.1 Å². The van der Waals surface area contributed by atoms with Gasteiger partial charge in [0, 0.05) is 16.1 Å². The standard InChI is InChI=1S/C26H19Cl3N4O2/c1-14-23(27)15(2)25(29)26(24(14)28)35-13-22(34)30-17-10-11-19-20(12-17)32-33(31-19)21-9-5-7-16-6-3-4-8-18(16)21/h3-12H,13H2,1-2H3,(H,30,34). The number of anilines is 1. The molecule has 0 saturated carbocycles. The Balaban J connectivity index is 1.35. The third kappa shape index (κ3) is 4.41. The van der Waals surface area contributed by atoms with Crippen LogP contribution in [0.15, 0.2) is 60.7 Å². The van der Waals surface area contributed by atoms with Gasteiger partial charge in [-0.1, -0.05) is 71.2 Å². The van der Waals surface area contributed by atoms with Crippen LogP contribution in [0.25, 0.3) is 27.5 Å². The van der Waals surface area contributed by atoms with Crippen molar-refractivity contribution in [1.82, 2.24) is 15.0 Å². The Kier molecular flexibility index (Phi) is 6.28. The van der Waals surface area contributed by atoms with Gasteiger partial charge in [-0.15, -0.1) is 15.0 Å². The van der Waals surface area contributed by atoms with Crippen molar-refractivity contribution in [3.8, 4) is 11.4 Å². The highest BCUT2D eigenvalue weighted by Gasteiger charge is 2.19. The Morgan fingerprint density at radius 2 is 1.57 bits per heavy atom. The number of fused-ring (bicyclic) bond motifs is 2. The van der Waals surface area contributed by atoms with E-state index in [2.05, 4.69) is 15.5 Å². The number of rotatable bonds is 5. The molecule has 0 bridgehead atoms. The van der Waals surface area contributed by atoms with Crippen molar-refractivity contribution in [2.75, 3.05) is 11.9 Å². The maximum Gasteiger partial charge on any atom is 0.262 e. The summed E-state index contributed by atoms with van der Waals surface area (Å²) >= 11 is 18.9. The Hall–Kier alpha value is -3.32. The van der Waals surface area contributed by atoms with Crippen LogP contribution in [-0.2, 0) is 4.79 Å². The number of carbonyl (C=O) groups is 1. The van der Waals surface area contributed by atoms with Gasteiger partial charge in [-0.3, -0.25) is 4.79 Å². The van der Waals surface area contributed by atoms with Gasteiger partial charge in [-0.2, -0.15) is 0 Å². The van der Waals surface area contributed by atoms with E-state index in [1.54, 1.807) is 36.8 Å². The molecule has 1 heterocycles. The summed E-state index contributed by atoms with van der Waals surface area (Å²) in [6, 6.07) is 19.4. The third-order valence-electron chi connectivity index (χ3n) is 5.71. The lowest BCUT2D eigenvalue weighted by Gasteiger charge is -2.15. The number of ether oxygens (including phenoxy) is 1. The first-order chi connectivity index (χ1) is 16.8. The van der Waals surface area contributed by atoms with E-state index in [0.29, 0.717) is 32.9 Å². The first kappa shape index (κ1) is 23.4. The zero-order chi connectivity index (χ0) is 24.7. The minimum Gasteiger partial charge on any atom is -0.481 e. The van der Waals surface area contributed by atoms with Crippen molar-refractivity contribution < 1.29 is 9.53 Å². The van der Waals surface area contributed by atoms with Crippen molar-refractivity contribution in [3.63, 3.8) is 0 Å². The molecule has 35 heavy (non-hydrogen) atoms. The topological polar surface area (TPSA) is 69.0 Å². The van der Waals surface area contributed by atoms with Crippen LogP contribution in [0.5, 0.6) is 5.75 Å². The maximum absolute atomic E-state index is 12.6. The summed E-state index contributed by atoms with van der Waals surface area (Å²) in [6.07, 6.45) is 0. The molecule has 4 aromatic carbocycles. The fraction of sp³-hybridized carbons (Fsp3) is 0.115. The Morgan fingerprint density at radius 1 is 0.886 bits per heavy atom. The van der Waals surface area contributed by atoms with Gasteiger partial charge in [0.15, 0.2) is 12.4 Å². The number of nitrogens with zero attached hydrogens (tertiary/aromatic N) is 3. The van der Waals surface area contributed by atoms with Gasteiger partial charge in [0.05, 0.1) is 15.7 Å². The normalized spacial score (nSPS) is 11.2. The summed E-state index contributed by atoms with van der Waals surface area (Å²) in [4.78, 5) is 14.2. The highest BCUT2D eigenvalue weighted by molar-refractivity contribution is 6.42. The predicted octanol–water partition coefficient (Wildman–Crippen LogP) is 7.17. The molecule has 5 aromatic rings. The molecular formula is C26H19Cl3N4O2. The van der Waals surface area contributed by atoms with Gasteiger partial charge in [-0.05, 0) is 54.6 Å². The summed E-state index contributed by atoms with van der Waals surface area (Å²) in [5.74, 6) is -0.139.